The molecule has 0 aliphatic carbocycles. The number of hydrogen-bond acceptors (Lipinski definition) is 5. The largest absolute Gasteiger partial charge is 0.496 e. The summed E-state index contributed by atoms with van der Waals surface area (Å²) in [4.78, 5) is 23.9. The summed E-state index contributed by atoms with van der Waals surface area (Å²) in [6, 6.07) is 4.67. The smallest absolute Gasteiger partial charge is 0.308 e. The summed E-state index contributed by atoms with van der Waals surface area (Å²) in [5.74, 6) is -0.768. The molecule has 0 aromatic heterocycles. The second kappa shape index (κ2) is 4.91. The molecule has 0 saturated carbocycles. The molecule has 0 amide bonds. The highest BCUT2D eigenvalue weighted by Gasteiger charge is 2.49. The SMILES string of the molecule is COc1cc(N2C3CCC2C(C(=O)O)C3)cc([N+](=O)[O-])c1. The number of nitrogens with zero attached hydrogens (tertiary/aromatic N) is 2. The van der Waals surface area contributed by atoms with Crippen LogP contribution in [0.3, 0.4) is 0 Å². The van der Waals surface area contributed by atoms with Gasteiger partial charge < -0.3 is 14.7 Å². The van der Waals surface area contributed by atoms with Gasteiger partial charge in [0.25, 0.3) is 5.69 Å². The second-order valence-corrected chi connectivity index (χ2v) is 5.53. The third kappa shape index (κ3) is 2.18. The Kier molecular flexibility index (Phi) is 3.19. The Morgan fingerprint density at radius 1 is 1.43 bits per heavy atom. The van der Waals surface area contributed by atoms with E-state index in [1.54, 1.807) is 6.07 Å². The van der Waals surface area contributed by atoms with E-state index < -0.39 is 16.8 Å². The summed E-state index contributed by atoms with van der Waals surface area (Å²) in [5, 5.41) is 20.3. The molecule has 2 fully saturated rings. The predicted molar refractivity (Wildman–Crippen MR) is 74.7 cm³/mol. The summed E-state index contributed by atoms with van der Waals surface area (Å²) >= 11 is 0. The number of hydrogen-bond donors (Lipinski definition) is 1. The van der Waals surface area contributed by atoms with Crippen molar-refractivity contribution in [3.05, 3.63) is 28.3 Å². The van der Waals surface area contributed by atoms with E-state index in [2.05, 4.69) is 0 Å². The molecule has 2 aliphatic rings. The lowest BCUT2D eigenvalue weighted by Gasteiger charge is -2.25. The van der Waals surface area contributed by atoms with Crippen LogP contribution < -0.4 is 9.64 Å². The van der Waals surface area contributed by atoms with Crippen molar-refractivity contribution in [3.8, 4) is 5.75 Å². The highest BCUT2D eigenvalue weighted by atomic mass is 16.6. The highest BCUT2D eigenvalue weighted by Crippen LogP contribution is 2.46. The van der Waals surface area contributed by atoms with Crippen LogP contribution in [0.25, 0.3) is 0 Å². The molecular formula is C14H16N2O5. The minimum Gasteiger partial charge on any atom is -0.496 e. The molecule has 2 heterocycles. The zero-order chi connectivity index (χ0) is 15.1. The van der Waals surface area contributed by atoms with Gasteiger partial charge in [0.05, 0.1) is 24.0 Å². The first-order valence-corrected chi connectivity index (χ1v) is 6.86. The summed E-state index contributed by atoms with van der Waals surface area (Å²) in [6.45, 7) is 0. The van der Waals surface area contributed by atoms with Crippen LogP contribution in [0.4, 0.5) is 11.4 Å². The van der Waals surface area contributed by atoms with Gasteiger partial charge >= 0.3 is 5.97 Å². The third-order valence-electron chi connectivity index (χ3n) is 4.47. The number of ether oxygens (including phenoxy) is 1. The van der Waals surface area contributed by atoms with Crippen LogP contribution in [0, 0.1) is 16.0 Å². The molecular weight excluding hydrogens is 276 g/mol. The highest BCUT2D eigenvalue weighted by molar-refractivity contribution is 5.74. The zero-order valence-electron chi connectivity index (χ0n) is 11.6. The lowest BCUT2D eigenvalue weighted by Crippen LogP contribution is -2.32. The van der Waals surface area contributed by atoms with Gasteiger partial charge in [0, 0.05) is 29.9 Å². The molecule has 3 atom stereocenters. The van der Waals surface area contributed by atoms with Crippen LogP contribution in [-0.2, 0) is 4.79 Å². The molecule has 1 N–H and O–H groups in total. The van der Waals surface area contributed by atoms with Crippen molar-refractivity contribution in [3.63, 3.8) is 0 Å². The molecule has 2 bridgehead atoms. The molecule has 1 aromatic rings. The fraction of sp³-hybridized carbons (Fsp3) is 0.500. The Labute approximate surface area is 121 Å². The molecule has 7 nitrogen and oxygen atoms in total. The van der Waals surface area contributed by atoms with Crippen molar-refractivity contribution in [2.24, 2.45) is 5.92 Å². The van der Waals surface area contributed by atoms with E-state index in [1.165, 1.54) is 19.2 Å². The van der Waals surface area contributed by atoms with E-state index in [4.69, 9.17) is 4.74 Å². The van der Waals surface area contributed by atoms with Gasteiger partial charge in [0.2, 0.25) is 0 Å². The van der Waals surface area contributed by atoms with Gasteiger partial charge in [0.1, 0.15) is 5.75 Å². The number of aliphatic carboxylic acids is 1. The summed E-state index contributed by atoms with van der Waals surface area (Å²) in [7, 11) is 1.46. The molecule has 3 unspecified atom stereocenters. The number of carbonyl (C=O) groups is 1. The van der Waals surface area contributed by atoms with Gasteiger partial charge in [-0.05, 0) is 19.3 Å². The fourth-order valence-corrected chi connectivity index (χ4v) is 3.60. The maximum absolute atomic E-state index is 11.3. The van der Waals surface area contributed by atoms with Gasteiger partial charge in [-0.2, -0.15) is 0 Å². The fourth-order valence-electron chi connectivity index (χ4n) is 3.60. The number of non-ortho nitro benzene ring substituents is 1. The number of methoxy groups -OCH3 is 1. The lowest BCUT2D eigenvalue weighted by atomic mass is 9.89. The molecule has 3 rings (SSSR count). The van der Waals surface area contributed by atoms with Gasteiger partial charge in [-0.3, -0.25) is 14.9 Å². The summed E-state index contributed by atoms with van der Waals surface area (Å²) < 4.78 is 5.12. The quantitative estimate of drug-likeness (QED) is 0.674. The van der Waals surface area contributed by atoms with E-state index in [1.807, 2.05) is 4.90 Å². The number of benzene rings is 1. The first-order valence-electron chi connectivity index (χ1n) is 6.86. The van der Waals surface area contributed by atoms with Gasteiger partial charge in [0.15, 0.2) is 0 Å². The monoisotopic (exact) mass is 292 g/mol. The second-order valence-electron chi connectivity index (χ2n) is 5.53. The minimum absolute atomic E-state index is 0.0393. The van der Waals surface area contributed by atoms with Crippen molar-refractivity contribution >= 4 is 17.3 Å². The number of anilines is 1. The Balaban J connectivity index is 1.99. The lowest BCUT2D eigenvalue weighted by molar-refractivity contribution is -0.384. The normalized spacial score (nSPS) is 26.9. The van der Waals surface area contributed by atoms with Crippen LogP contribution >= 0.6 is 0 Å². The molecule has 21 heavy (non-hydrogen) atoms. The van der Waals surface area contributed by atoms with Crippen molar-refractivity contribution in [2.45, 2.75) is 31.3 Å². The number of carboxylic acids is 1. The Morgan fingerprint density at radius 2 is 2.19 bits per heavy atom. The first-order chi connectivity index (χ1) is 10.0. The van der Waals surface area contributed by atoms with E-state index in [9.17, 15) is 20.0 Å². The summed E-state index contributed by atoms with van der Waals surface area (Å²) in [5.41, 5.74) is 0.639. The average molecular weight is 292 g/mol. The van der Waals surface area contributed by atoms with Crippen molar-refractivity contribution in [2.75, 3.05) is 12.0 Å². The molecule has 2 aliphatic heterocycles. The van der Waals surface area contributed by atoms with Crippen molar-refractivity contribution in [1.29, 1.82) is 0 Å². The topological polar surface area (TPSA) is 92.9 Å². The first kappa shape index (κ1) is 13.7. The van der Waals surface area contributed by atoms with E-state index >= 15 is 0 Å². The zero-order valence-corrected chi connectivity index (χ0v) is 11.6. The number of rotatable bonds is 4. The standard InChI is InChI=1S/C14H16N2O5/c1-21-11-5-9(4-10(6-11)16(19)20)15-8-2-3-13(15)12(7-8)14(17)18/h4-6,8,12-13H,2-3,7H2,1H3,(H,17,18). The van der Waals surface area contributed by atoms with Gasteiger partial charge in [-0.25, -0.2) is 0 Å². The maximum Gasteiger partial charge on any atom is 0.308 e. The minimum atomic E-state index is -0.787. The van der Waals surface area contributed by atoms with Crippen LogP contribution in [0.2, 0.25) is 0 Å². The molecule has 1 aromatic carbocycles. The Hall–Kier alpha value is -2.31. The number of carboxylic acid groups (broad SMARTS) is 1. The van der Waals surface area contributed by atoms with Gasteiger partial charge in [-0.1, -0.05) is 0 Å². The van der Waals surface area contributed by atoms with Crippen LogP contribution in [0.15, 0.2) is 18.2 Å². The van der Waals surface area contributed by atoms with E-state index in [0.29, 0.717) is 17.9 Å². The van der Waals surface area contributed by atoms with Crippen LogP contribution in [-0.4, -0.2) is 35.2 Å². The summed E-state index contributed by atoms with van der Waals surface area (Å²) in [6.07, 6.45) is 2.34. The van der Waals surface area contributed by atoms with Crippen LogP contribution in [0.1, 0.15) is 19.3 Å². The van der Waals surface area contributed by atoms with Crippen LogP contribution in [0.5, 0.6) is 5.75 Å². The average Bonchev–Trinajstić information content (AvgIpc) is 3.04. The molecule has 0 radical (unpaired) electrons. The molecule has 7 heteroatoms. The molecule has 2 saturated heterocycles. The van der Waals surface area contributed by atoms with Gasteiger partial charge in [-0.15, -0.1) is 0 Å². The predicted octanol–water partition coefficient (Wildman–Crippen LogP) is 2.05. The van der Waals surface area contributed by atoms with E-state index in [0.717, 1.165) is 12.8 Å². The number of nitro benzene ring substituents is 1. The third-order valence-corrected chi connectivity index (χ3v) is 4.47. The number of fused-ring (bicyclic) bond motifs is 2. The van der Waals surface area contributed by atoms with Crippen molar-refractivity contribution in [1.82, 2.24) is 0 Å². The number of nitro groups is 1. The maximum atomic E-state index is 11.3. The van der Waals surface area contributed by atoms with Crippen molar-refractivity contribution < 1.29 is 19.6 Å². The van der Waals surface area contributed by atoms with E-state index in [-0.39, 0.29) is 17.8 Å². The Morgan fingerprint density at radius 3 is 2.76 bits per heavy atom. The molecule has 112 valence electrons. The molecule has 0 spiro atoms. The Bertz CT molecular complexity index is 603.